The van der Waals surface area contributed by atoms with Gasteiger partial charge in [0.15, 0.2) is 11.5 Å². The third-order valence-electron chi connectivity index (χ3n) is 4.85. The second-order valence-corrected chi connectivity index (χ2v) is 6.93. The van der Waals surface area contributed by atoms with Crippen LogP contribution in [0.2, 0.25) is 0 Å². The molecule has 2 aromatic carbocycles. The molecule has 1 N–H and O–H groups in total. The van der Waals surface area contributed by atoms with Gasteiger partial charge < -0.3 is 14.8 Å². The number of ether oxygens (including phenoxy) is 2. The van der Waals surface area contributed by atoms with Crippen molar-refractivity contribution in [3.63, 3.8) is 0 Å². The fraction of sp³-hybridized carbons (Fsp3) is 0.273. The summed E-state index contributed by atoms with van der Waals surface area (Å²) in [6.07, 6.45) is -4.52. The minimum atomic E-state index is -4.52. The zero-order chi connectivity index (χ0) is 22.8. The first kappa shape index (κ1) is 22.2. The SMILES string of the molecule is COc1ccc(Cn2nc(C)c(NC(=O)c3cccc(C(F)(F)F)c3)c2C)cc1OC. The number of alkyl halides is 3. The van der Waals surface area contributed by atoms with Crippen LogP contribution in [-0.4, -0.2) is 29.9 Å². The molecule has 0 atom stereocenters. The first-order valence-corrected chi connectivity index (χ1v) is 9.37. The van der Waals surface area contributed by atoms with E-state index in [0.717, 1.165) is 17.7 Å². The lowest BCUT2D eigenvalue weighted by molar-refractivity contribution is -0.137. The number of methoxy groups -OCH3 is 2. The fourth-order valence-electron chi connectivity index (χ4n) is 3.21. The number of benzene rings is 2. The number of hydrogen-bond donors (Lipinski definition) is 1. The van der Waals surface area contributed by atoms with Gasteiger partial charge in [-0.3, -0.25) is 9.48 Å². The maximum atomic E-state index is 12.9. The van der Waals surface area contributed by atoms with Gasteiger partial charge in [0.05, 0.1) is 43.4 Å². The number of carbonyl (C=O) groups is 1. The highest BCUT2D eigenvalue weighted by atomic mass is 19.4. The van der Waals surface area contributed by atoms with Crippen LogP contribution in [0.25, 0.3) is 0 Å². The van der Waals surface area contributed by atoms with Crippen LogP contribution in [0.5, 0.6) is 11.5 Å². The van der Waals surface area contributed by atoms with Crippen molar-refractivity contribution in [1.82, 2.24) is 9.78 Å². The van der Waals surface area contributed by atoms with Crippen LogP contribution in [0.15, 0.2) is 42.5 Å². The summed E-state index contributed by atoms with van der Waals surface area (Å²) in [6, 6.07) is 9.79. The number of aryl methyl sites for hydroxylation is 1. The molecule has 1 heterocycles. The third-order valence-corrected chi connectivity index (χ3v) is 4.85. The van der Waals surface area contributed by atoms with Gasteiger partial charge in [0.2, 0.25) is 0 Å². The number of amides is 1. The molecular weight excluding hydrogens is 411 g/mol. The number of nitrogens with one attached hydrogen (secondary N) is 1. The maximum Gasteiger partial charge on any atom is 0.416 e. The van der Waals surface area contributed by atoms with Gasteiger partial charge in [0.25, 0.3) is 5.91 Å². The van der Waals surface area contributed by atoms with Gasteiger partial charge in [-0.05, 0) is 49.7 Å². The Labute approximate surface area is 177 Å². The molecule has 0 radical (unpaired) electrons. The molecule has 164 valence electrons. The summed E-state index contributed by atoms with van der Waals surface area (Å²) in [6.45, 7) is 3.91. The summed E-state index contributed by atoms with van der Waals surface area (Å²) in [5, 5.41) is 7.14. The van der Waals surface area contributed by atoms with Crippen LogP contribution in [0.4, 0.5) is 18.9 Å². The number of carbonyl (C=O) groups excluding carboxylic acids is 1. The lowest BCUT2D eigenvalue weighted by Crippen LogP contribution is -2.15. The first-order chi connectivity index (χ1) is 14.6. The van der Waals surface area contributed by atoms with E-state index >= 15 is 0 Å². The normalized spacial score (nSPS) is 11.3. The molecule has 9 heteroatoms. The Morgan fingerprint density at radius 3 is 2.42 bits per heavy atom. The lowest BCUT2D eigenvalue weighted by Gasteiger charge is -2.11. The molecule has 1 aromatic heterocycles. The van der Waals surface area contributed by atoms with Crippen LogP contribution >= 0.6 is 0 Å². The van der Waals surface area contributed by atoms with E-state index in [2.05, 4.69) is 10.4 Å². The molecule has 1 amide bonds. The standard InChI is InChI=1S/C22H22F3N3O3/c1-13-20(26-21(29)16-6-5-7-17(11-16)22(23,24)25)14(2)28(27-13)12-15-8-9-18(30-3)19(10-15)31-4/h5-11H,12H2,1-4H3,(H,26,29). The molecule has 0 saturated carbocycles. The van der Waals surface area contributed by atoms with Crippen molar-refractivity contribution in [3.05, 3.63) is 70.5 Å². The molecule has 0 spiro atoms. The zero-order valence-electron chi connectivity index (χ0n) is 17.5. The lowest BCUT2D eigenvalue weighted by atomic mass is 10.1. The predicted molar refractivity (Wildman–Crippen MR) is 110 cm³/mol. The van der Waals surface area contributed by atoms with Gasteiger partial charge in [0.1, 0.15) is 0 Å². The van der Waals surface area contributed by atoms with Crippen molar-refractivity contribution in [2.45, 2.75) is 26.6 Å². The van der Waals surface area contributed by atoms with Crippen molar-refractivity contribution >= 4 is 11.6 Å². The molecule has 31 heavy (non-hydrogen) atoms. The number of aromatic nitrogens is 2. The second-order valence-electron chi connectivity index (χ2n) is 6.93. The van der Waals surface area contributed by atoms with Crippen molar-refractivity contribution in [3.8, 4) is 11.5 Å². The molecule has 3 rings (SSSR count). The molecular formula is C22H22F3N3O3. The van der Waals surface area contributed by atoms with E-state index in [-0.39, 0.29) is 5.56 Å². The van der Waals surface area contributed by atoms with E-state index in [9.17, 15) is 18.0 Å². The molecule has 0 unspecified atom stereocenters. The Kier molecular flexibility index (Phi) is 6.24. The van der Waals surface area contributed by atoms with Crippen LogP contribution in [0, 0.1) is 13.8 Å². The van der Waals surface area contributed by atoms with Crippen LogP contribution < -0.4 is 14.8 Å². The summed E-state index contributed by atoms with van der Waals surface area (Å²) in [5.74, 6) is 0.552. The highest BCUT2D eigenvalue weighted by molar-refractivity contribution is 6.05. The monoisotopic (exact) mass is 433 g/mol. The van der Waals surface area contributed by atoms with E-state index in [4.69, 9.17) is 9.47 Å². The maximum absolute atomic E-state index is 12.9. The van der Waals surface area contributed by atoms with Gasteiger partial charge in [-0.25, -0.2) is 0 Å². The van der Waals surface area contributed by atoms with Gasteiger partial charge in [0, 0.05) is 5.56 Å². The zero-order valence-corrected chi connectivity index (χ0v) is 17.5. The molecule has 0 aliphatic rings. The minimum absolute atomic E-state index is 0.0822. The summed E-state index contributed by atoms with van der Waals surface area (Å²) < 4.78 is 51.1. The average Bonchev–Trinajstić information content (AvgIpc) is 3.00. The number of nitrogens with zero attached hydrogens (tertiary/aromatic N) is 2. The number of hydrogen-bond acceptors (Lipinski definition) is 4. The van der Waals surface area contributed by atoms with E-state index in [1.165, 1.54) is 12.1 Å². The van der Waals surface area contributed by atoms with Crippen molar-refractivity contribution in [2.24, 2.45) is 0 Å². The number of anilines is 1. The number of rotatable bonds is 6. The Morgan fingerprint density at radius 1 is 1.06 bits per heavy atom. The van der Waals surface area contributed by atoms with Gasteiger partial charge in [-0.2, -0.15) is 18.3 Å². The molecule has 6 nitrogen and oxygen atoms in total. The molecule has 0 bridgehead atoms. The smallest absolute Gasteiger partial charge is 0.416 e. The quantitative estimate of drug-likeness (QED) is 0.604. The Hall–Kier alpha value is -3.49. The Bertz CT molecular complexity index is 1110. The van der Waals surface area contributed by atoms with Crippen molar-refractivity contribution in [2.75, 3.05) is 19.5 Å². The topological polar surface area (TPSA) is 65.4 Å². The van der Waals surface area contributed by atoms with E-state index < -0.39 is 17.6 Å². The molecule has 0 aliphatic carbocycles. The largest absolute Gasteiger partial charge is 0.493 e. The Balaban J connectivity index is 1.83. The van der Waals surface area contributed by atoms with Gasteiger partial charge >= 0.3 is 6.18 Å². The molecule has 0 saturated heterocycles. The van der Waals surface area contributed by atoms with Gasteiger partial charge in [-0.1, -0.05) is 12.1 Å². The molecule has 0 fully saturated rings. The van der Waals surface area contributed by atoms with E-state index in [1.807, 2.05) is 12.1 Å². The Morgan fingerprint density at radius 2 is 1.77 bits per heavy atom. The highest BCUT2D eigenvalue weighted by Crippen LogP contribution is 2.31. The molecule has 3 aromatic rings. The predicted octanol–water partition coefficient (Wildman–Crippen LogP) is 4.84. The summed E-state index contributed by atoms with van der Waals surface area (Å²) in [4.78, 5) is 12.6. The highest BCUT2D eigenvalue weighted by Gasteiger charge is 2.31. The van der Waals surface area contributed by atoms with Crippen LogP contribution in [-0.2, 0) is 12.7 Å². The average molecular weight is 433 g/mol. The van der Waals surface area contributed by atoms with Crippen LogP contribution in [0.3, 0.4) is 0 Å². The third kappa shape index (κ3) is 4.82. The van der Waals surface area contributed by atoms with E-state index in [1.54, 1.807) is 38.8 Å². The summed E-state index contributed by atoms with van der Waals surface area (Å²) >= 11 is 0. The van der Waals surface area contributed by atoms with Crippen molar-refractivity contribution < 1.29 is 27.4 Å². The van der Waals surface area contributed by atoms with Gasteiger partial charge in [-0.15, -0.1) is 0 Å². The van der Waals surface area contributed by atoms with Crippen LogP contribution in [0.1, 0.15) is 32.9 Å². The van der Waals surface area contributed by atoms with E-state index in [0.29, 0.717) is 35.1 Å². The number of halogens is 3. The molecule has 0 aliphatic heterocycles. The second kappa shape index (κ2) is 8.71. The summed E-state index contributed by atoms with van der Waals surface area (Å²) in [7, 11) is 3.10. The van der Waals surface area contributed by atoms with Crippen molar-refractivity contribution in [1.29, 1.82) is 0 Å². The fourth-order valence-corrected chi connectivity index (χ4v) is 3.21. The minimum Gasteiger partial charge on any atom is -0.493 e. The summed E-state index contributed by atoms with van der Waals surface area (Å²) in [5.41, 5.74) is 1.63. The first-order valence-electron chi connectivity index (χ1n) is 9.37.